The highest BCUT2D eigenvalue weighted by Crippen LogP contribution is 2.36. The van der Waals surface area contributed by atoms with Gasteiger partial charge in [0.25, 0.3) is 0 Å². The summed E-state index contributed by atoms with van der Waals surface area (Å²) < 4.78 is 15.0. The van der Waals surface area contributed by atoms with E-state index in [-0.39, 0.29) is 11.2 Å². The number of hydrogen-bond donors (Lipinski definition) is 0. The fraction of sp³-hybridized carbons (Fsp3) is 0.579. The largest absolute Gasteiger partial charge is 0.352 e. The topological polar surface area (TPSA) is 58.0 Å². The lowest BCUT2D eigenvalue weighted by Gasteiger charge is -2.30. The number of nitrogens with zero attached hydrogens (tertiary/aromatic N) is 6. The summed E-state index contributed by atoms with van der Waals surface area (Å²) in [6.07, 6.45) is 8.21. The number of aromatic nitrogens is 4. The third-order valence-electron chi connectivity index (χ3n) is 5.11. The highest BCUT2D eigenvalue weighted by atomic mass is 19.1. The maximum atomic E-state index is 15.0. The molecule has 0 radical (unpaired) electrons. The number of rotatable bonds is 4. The average Bonchev–Trinajstić information content (AvgIpc) is 3.32. The molecule has 2 aromatic rings. The predicted molar refractivity (Wildman–Crippen MR) is 98.8 cm³/mol. The SMILES string of the molecule is CC(C)(C)c1ncnc(N2CCC(N(c3ccncn3)C3CC3)C2)c1F. The van der Waals surface area contributed by atoms with E-state index in [0.717, 1.165) is 25.3 Å². The Hall–Kier alpha value is -2.31. The van der Waals surface area contributed by atoms with Gasteiger partial charge in [-0.3, -0.25) is 0 Å². The van der Waals surface area contributed by atoms with Gasteiger partial charge in [0.1, 0.15) is 18.5 Å². The molecule has 1 aliphatic heterocycles. The van der Waals surface area contributed by atoms with Gasteiger partial charge in [0.2, 0.25) is 0 Å². The molecule has 1 aliphatic carbocycles. The zero-order valence-electron chi connectivity index (χ0n) is 15.6. The standard InChI is InChI=1S/C19H25FN6/c1-19(2,3)17-16(20)18(24-12-23-17)25-9-7-14(10-25)26(13-4-5-13)15-6-8-21-11-22-15/h6,8,11-14H,4-5,7,9-10H2,1-3H3. The van der Waals surface area contributed by atoms with E-state index < -0.39 is 0 Å². The van der Waals surface area contributed by atoms with E-state index in [0.29, 0.717) is 23.6 Å². The van der Waals surface area contributed by atoms with Crippen LogP contribution in [0.3, 0.4) is 0 Å². The Bertz CT molecular complexity index is 771. The summed E-state index contributed by atoms with van der Waals surface area (Å²) in [6, 6.07) is 2.81. The van der Waals surface area contributed by atoms with E-state index in [9.17, 15) is 0 Å². The van der Waals surface area contributed by atoms with Crippen LogP contribution in [0.4, 0.5) is 16.0 Å². The summed E-state index contributed by atoms with van der Waals surface area (Å²) >= 11 is 0. The third-order valence-corrected chi connectivity index (χ3v) is 5.11. The van der Waals surface area contributed by atoms with Gasteiger partial charge in [-0.1, -0.05) is 20.8 Å². The minimum atomic E-state index is -0.345. The van der Waals surface area contributed by atoms with Crippen molar-refractivity contribution < 1.29 is 4.39 Å². The van der Waals surface area contributed by atoms with Gasteiger partial charge in [-0.25, -0.2) is 24.3 Å². The minimum Gasteiger partial charge on any atom is -0.352 e. The van der Waals surface area contributed by atoms with Crippen LogP contribution >= 0.6 is 0 Å². The van der Waals surface area contributed by atoms with Crippen molar-refractivity contribution in [3.8, 4) is 0 Å². The summed E-state index contributed by atoms with van der Waals surface area (Å²) in [7, 11) is 0. The Kier molecular flexibility index (Phi) is 4.25. The molecule has 138 valence electrons. The summed E-state index contributed by atoms with van der Waals surface area (Å²) in [5.41, 5.74) is 0.128. The van der Waals surface area contributed by atoms with E-state index >= 15 is 4.39 Å². The first-order chi connectivity index (χ1) is 12.4. The number of halogens is 1. The van der Waals surface area contributed by atoms with E-state index in [1.165, 1.54) is 19.2 Å². The lowest BCUT2D eigenvalue weighted by atomic mass is 9.91. The zero-order chi connectivity index (χ0) is 18.3. The van der Waals surface area contributed by atoms with Crippen molar-refractivity contribution in [1.82, 2.24) is 19.9 Å². The molecule has 3 heterocycles. The maximum absolute atomic E-state index is 15.0. The van der Waals surface area contributed by atoms with Crippen LogP contribution in [0.25, 0.3) is 0 Å². The summed E-state index contributed by atoms with van der Waals surface area (Å²) in [5, 5.41) is 0. The molecular formula is C19H25FN6. The normalized spacial score (nSPS) is 20.5. The van der Waals surface area contributed by atoms with Crippen molar-refractivity contribution in [3.05, 3.63) is 36.4 Å². The van der Waals surface area contributed by atoms with Crippen molar-refractivity contribution in [2.24, 2.45) is 0 Å². The molecule has 2 aromatic heterocycles. The van der Waals surface area contributed by atoms with Crippen molar-refractivity contribution >= 4 is 11.6 Å². The fourth-order valence-electron chi connectivity index (χ4n) is 3.73. The molecule has 2 fully saturated rings. The van der Waals surface area contributed by atoms with E-state index in [4.69, 9.17) is 0 Å². The molecule has 0 aromatic carbocycles. The van der Waals surface area contributed by atoms with Gasteiger partial charge in [0.15, 0.2) is 11.6 Å². The fourth-order valence-corrected chi connectivity index (χ4v) is 3.73. The molecule has 0 spiro atoms. The first-order valence-corrected chi connectivity index (χ1v) is 9.25. The second-order valence-corrected chi connectivity index (χ2v) is 8.20. The first kappa shape index (κ1) is 17.1. The monoisotopic (exact) mass is 356 g/mol. The van der Waals surface area contributed by atoms with Gasteiger partial charge in [0, 0.05) is 36.8 Å². The van der Waals surface area contributed by atoms with Crippen LogP contribution < -0.4 is 9.80 Å². The maximum Gasteiger partial charge on any atom is 0.187 e. The molecule has 0 bridgehead atoms. The summed E-state index contributed by atoms with van der Waals surface area (Å²) in [4.78, 5) is 21.4. The van der Waals surface area contributed by atoms with Crippen LogP contribution in [0, 0.1) is 5.82 Å². The van der Waals surface area contributed by atoms with Crippen LogP contribution in [0.1, 0.15) is 45.7 Å². The number of anilines is 2. The zero-order valence-corrected chi connectivity index (χ0v) is 15.6. The Labute approximate surface area is 153 Å². The molecule has 0 amide bonds. The Balaban J connectivity index is 1.57. The molecule has 1 atom stereocenters. The van der Waals surface area contributed by atoms with Gasteiger partial charge in [0.05, 0.1) is 5.69 Å². The van der Waals surface area contributed by atoms with Crippen LogP contribution in [0.15, 0.2) is 24.9 Å². The van der Waals surface area contributed by atoms with Gasteiger partial charge in [-0.15, -0.1) is 0 Å². The van der Waals surface area contributed by atoms with Crippen LogP contribution in [-0.2, 0) is 5.41 Å². The smallest absolute Gasteiger partial charge is 0.187 e. The van der Waals surface area contributed by atoms with Crippen LogP contribution in [0.2, 0.25) is 0 Å². The van der Waals surface area contributed by atoms with Crippen LogP contribution in [0.5, 0.6) is 0 Å². The van der Waals surface area contributed by atoms with Crippen molar-refractivity contribution in [2.45, 2.75) is 57.5 Å². The van der Waals surface area contributed by atoms with E-state index in [2.05, 4.69) is 24.8 Å². The minimum absolute atomic E-state index is 0.291. The Morgan fingerprint density at radius 1 is 1.08 bits per heavy atom. The van der Waals surface area contributed by atoms with E-state index in [1.54, 1.807) is 12.5 Å². The highest BCUT2D eigenvalue weighted by Gasteiger charge is 2.39. The van der Waals surface area contributed by atoms with Crippen molar-refractivity contribution in [1.29, 1.82) is 0 Å². The predicted octanol–water partition coefficient (Wildman–Crippen LogP) is 2.95. The molecule has 1 saturated heterocycles. The van der Waals surface area contributed by atoms with Crippen molar-refractivity contribution in [3.63, 3.8) is 0 Å². The van der Waals surface area contributed by atoms with Crippen LogP contribution in [-0.4, -0.2) is 45.1 Å². The quantitative estimate of drug-likeness (QED) is 0.839. The molecule has 1 unspecified atom stereocenters. The molecule has 6 nitrogen and oxygen atoms in total. The Morgan fingerprint density at radius 2 is 1.88 bits per heavy atom. The molecule has 2 aliphatic rings. The molecule has 4 rings (SSSR count). The molecule has 7 heteroatoms. The molecule has 0 N–H and O–H groups in total. The first-order valence-electron chi connectivity index (χ1n) is 9.25. The summed E-state index contributed by atoms with van der Waals surface area (Å²) in [6.45, 7) is 7.45. The Morgan fingerprint density at radius 3 is 2.54 bits per heavy atom. The summed E-state index contributed by atoms with van der Waals surface area (Å²) in [5.74, 6) is 1.10. The van der Waals surface area contributed by atoms with Gasteiger partial charge < -0.3 is 9.80 Å². The highest BCUT2D eigenvalue weighted by molar-refractivity contribution is 5.48. The van der Waals surface area contributed by atoms with E-state index in [1.807, 2.05) is 31.7 Å². The average molecular weight is 356 g/mol. The number of hydrogen-bond acceptors (Lipinski definition) is 6. The van der Waals surface area contributed by atoms with Gasteiger partial charge in [-0.05, 0) is 25.3 Å². The molecule has 26 heavy (non-hydrogen) atoms. The van der Waals surface area contributed by atoms with Crippen molar-refractivity contribution in [2.75, 3.05) is 22.9 Å². The van der Waals surface area contributed by atoms with Gasteiger partial charge in [-0.2, -0.15) is 0 Å². The molecule has 1 saturated carbocycles. The lowest BCUT2D eigenvalue weighted by Crippen LogP contribution is -2.40. The molecular weight excluding hydrogens is 331 g/mol. The lowest BCUT2D eigenvalue weighted by molar-refractivity contribution is 0.496. The third kappa shape index (κ3) is 3.22. The second kappa shape index (κ2) is 6.45. The second-order valence-electron chi connectivity index (χ2n) is 8.20. The van der Waals surface area contributed by atoms with Gasteiger partial charge >= 0.3 is 0 Å².